The molecule has 0 spiro atoms. The van der Waals surface area contributed by atoms with Crippen LogP contribution in [0.2, 0.25) is 0 Å². The van der Waals surface area contributed by atoms with Gasteiger partial charge in [-0.3, -0.25) is 9.59 Å². The second kappa shape index (κ2) is 13.6. The van der Waals surface area contributed by atoms with E-state index in [1.165, 1.54) is 41.3 Å². The number of carbonyl (C=O) groups excluding carboxylic acids is 2. The van der Waals surface area contributed by atoms with Gasteiger partial charge < -0.3 is 9.80 Å². The maximum atomic E-state index is 12.3. The summed E-state index contributed by atoms with van der Waals surface area (Å²) in [5.41, 5.74) is 3.87. The van der Waals surface area contributed by atoms with Gasteiger partial charge >= 0.3 is 0 Å². The number of thiol groups is 1. The number of hydrogen-bond acceptors (Lipinski definition) is 3. The van der Waals surface area contributed by atoms with Crippen LogP contribution in [-0.4, -0.2) is 46.0 Å². The fourth-order valence-corrected chi connectivity index (χ4v) is 6.53. The third-order valence-corrected chi connectivity index (χ3v) is 8.91. The highest BCUT2D eigenvalue weighted by molar-refractivity contribution is 8.14. The van der Waals surface area contributed by atoms with E-state index in [9.17, 15) is 9.59 Å². The van der Waals surface area contributed by atoms with Crippen LogP contribution in [0.3, 0.4) is 0 Å². The number of thioether (sulfide) groups is 1. The van der Waals surface area contributed by atoms with Crippen molar-refractivity contribution in [2.45, 2.75) is 82.9 Å². The number of hydrogen-bond donors (Lipinski definition) is 1. The normalized spacial score (nSPS) is 19.2. The van der Waals surface area contributed by atoms with E-state index in [4.69, 9.17) is 0 Å². The Kier molecular flexibility index (Phi) is 10.8. The Hall–Kier alpha value is -1.92. The van der Waals surface area contributed by atoms with Gasteiger partial charge in [0.1, 0.15) is 0 Å². The molecule has 196 valence electrons. The number of rotatable bonds is 4. The SMILES string of the molecule is CC(C)(SC(=O)N1CCCCC1)c1ccccc1.Cc1ccccc1C(C)[C@@H]1CCCCN1C(=O)S. The minimum absolute atomic E-state index is 0.0832. The maximum absolute atomic E-state index is 12.3. The molecule has 2 heterocycles. The first kappa shape index (κ1) is 28.6. The van der Waals surface area contributed by atoms with Crippen LogP contribution in [0.1, 0.15) is 81.9 Å². The standard InChI is InChI=1S/2C15H21NOS/c1-15(2,13-9-5-3-6-10-13)18-14(17)16-11-7-4-8-12-16;1-11-7-3-4-8-13(11)12(2)14-9-5-6-10-16(14)15(17)18/h3,5-6,9-10H,4,7-8,11-12H2,1-2H3;3-4,7-8,12,14H,5-6,9-10H2,1-2H3,(H,17,18)/t;12?,14-/m.0/s1. The molecule has 2 fully saturated rings. The second-order valence-corrected chi connectivity index (χ2v) is 12.4. The quantitative estimate of drug-likeness (QED) is 0.408. The van der Waals surface area contributed by atoms with Crippen LogP contribution < -0.4 is 0 Å². The van der Waals surface area contributed by atoms with Gasteiger partial charge in [0.05, 0.1) is 0 Å². The molecule has 0 saturated carbocycles. The zero-order chi connectivity index (χ0) is 26.1. The molecule has 2 aromatic rings. The predicted molar refractivity (Wildman–Crippen MR) is 156 cm³/mol. The van der Waals surface area contributed by atoms with Crippen molar-refractivity contribution in [3.8, 4) is 0 Å². The van der Waals surface area contributed by atoms with Crippen LogP contribution >= 0.6 is 24.4 Å². The van der Waals surface area contributed by atoms with Crippen LogP contribution in [0.5, 0.6) is 0 Å². The zero-order valence-corrected chi connectivity index (χ0v) is 24.0. The first-order valence-corrected chi connectivity index (χ1v) is 14.6. The average Bonchev–Trinajstić information content (AvgIpc) is 2.90. The molecule has 2 aliphatic rings. The number of amides is 2. The lowest BCUT2D eigenvalue weighted by Gasteiger charge is -2.39. The highest BCUT2D eigenvalue weighted by atomic mass is 32.2. The van der Waals surface area contributed by atoms with Crippen molar-refractivity contribution in [3.05, 3.63) is 71.3 Å². The molecule has 2 amide bonds. The van der Waals surface area contributed by atoms with Gasteiger partial charge in [0.15, 0.2) is 0 Å². The number of aryl methyl sites for hydroxylation is 1. The summed E-state index contributed by atoms with van der Waals surface area (Å²) in [6, 6.07) is 19.0. The van der Waals surface area contributed by atoms with Crippen LogP contribution in [0.4, 0.5) is 9.59 Å². The van der Waals surface area contributed by atoms with Gasteiger partial charge in [0.25, 0.3) is 10.5 Å². The Morgan fingerprint density at radius 2 is 1.53 bits per heavy atom. The lowest BCUT2D eigenvalue weighted by molar-refractivity contribution is 0.160. The summed E-state index contributed by atoms with van der Waals surface area (Å²) >= 11 is 5.47. The van der Waals surface area contributed by atoms with Crippen molar-refractivity contribution in [1.29, 1.82) is 0 Å². The Morgan fingerprint density at radius 1 is 0.917 bits per heavy atom. The van der Waals surface area contributed by atoms with E-state index in [0.29, 0.717) is 12.0 Å². The molecule has 2 saturated heterocycles. The molecule has 2 aromatic carbocycles. The first-order chi connectivity index (χ1) is 17.2. The number of piperidine rings is 2. The number of nitrogens with zero attached hydrogens (tertiary/aromatic N) is 2. The molecule has 4 rings (SSSR count). The number of carbonyl (C=O) groups is 2. The summed E-state index contributed by atoms with van der Waals surface area (Å²) < 4.78 is -0.157. The first-order valence-electron chi connectivity index (χ1n) is 13.3. The Balaban J connectivity index is 0.000000201. The summed E-state index contributed by atoms with van der Waals surface area (Å²) in [6.45, 7) is 11.3. The van der Waals surface area contributed by atoms with E-state index in [1.807, 2.05) is 28.0 Å². The molecular formula is C30H42N2O2S2. The number of likely N-dealkylation sites (tertiary alicyclic amines) is 2. The fraction of sp³-hybridized carbons (Fsp3) is 0.533. The summed E-state index contributed by atoms with van der Waals surface area (Å²) in [7, 11) is 0. The minimum atomic E-state index is -0.157. The molecule has 0 radical (unpaired) electrons. The van der Waals surface area contributed by atoms with E-state index >= 15 is 0 Å². The lowest BCUT2D eigenvalue weighted by atomic mass is 9.85. The van der Waals surface area contributed by atoms with Crippen LogP contribution in [-0.2, 0) is 4.75 Å². The van der Waals surface area contributed by atoms with E-state index in [2.05, 4.69) is 76.7 Å². The maximum Gasteiger partial charge on any atom is 0.282 e. The van der Waals surface area contributed by atoms with Gasteiger partial charge in [0, 0.05) is 36.3 Å². The molecule has 0 N–H and O–H groups in total. The highest BCUT2D eigenvalue weighted by Crippen LogP contribution is 2.37. The van der Waals surface area contributed by atoms with Crippen molar-refractivity contribution >= 4 is 34.9 Å². The summed E-state index contributed by atoms with van der Waals surface area (Å²) in [6.07, 6.45) is 6.95. The van der Waals surface area contributed by atoms with Gasteiger partial charge in [-0.05, 0) is 76.0 Å². The summed E-state index contributed by atoms with van der Waals surface area (Å²) in [4.78, 5) is 27.8. The van der Waals surface area contributed by atoms with Crippen LogP contribution in [0.25, 0.3) is 0 Å². The lowest BCUT2D eigenvalue weighted by Crippen LogP contribution is -2.44. The van der Waals surface area contributed by atoms with Crippen LogP contribution in [0.15, 0.2) is 54.6 Å². The summed E-state index contributed by atoms with van der Waals surface area (Å²) in [5.74, 6) is 0.377. The molecule has 0 bridgehead atoms. The smallest absolute Gasteiger partial charge is 0.282 e. The predicted octanol–water partition coefficient (Wildman–Crippen LogP) is 8.26. The molecule has 2 aliphatic heterocycles. The van der Waals surface area contributed by atoms with Crippen molar-refractivity contribution < 1.29 is 9.59 Å². The Bertz CT molecular complexity index is 989. The molecule has 0 aromatic heterocycles. The topological polar surface area (TPSA) is 40.6 Å². The van der Waals surface area contributed by atoms with E-state index in [1.54, 1.807) is 0 Å². The molecule has 36 heavy (non-hydrogen) atoms. The molecular weight excluding hydrogens is 484 g/mol. The largest absolute Gasteiger partial charge is 0.334 e. The van der Waals surface area contributed by atoms with Gasteiger partial charge in [-0.1, -0.05) is 85.9 Å². The Morgan fingerprint density at radius 3 is 2.17 bits per heavy atom. The molecule has 2 atom stereocenters. The number of benzene rings is 2. The molecule has 0 aliphatic carbocycles. The fourth-order valence-electron chi connectivity index (χ4n) is 5.28. The van der Waals surface area contributed by atoms with Gasteiger partial charge in [0.2, 0.25) is 0 Å². The van der Waals surface area contributed by atoms with E-state index < -0.39 is 0 Å². The van der Waals surface area contributed by atoms with Crippen LogP contribution in [0, 0.1) is 6.92 Å². The van der Waals surface area contributed by atoms with Crippen molar-refractivity contribution in [2.75, 3.05) is 19.6 Å². The van der Waals surface area contributed by atoms with Crippen molar-refractivity contribution in [2.24, 2.45) is 0 Å². The van der Waals surface area contributed by atoms with Crippen molar-refractivity contribution in [3.63, 3.8) is 0 Å². The van der Waals surface area contributed by atoms with Gasteiger partial charge in [-0.15, -0.1) is 0 Å². The third kappa shape index (κ3) is 7.79. The molecule has 4 nitrogen and oxygen atoms in total. The average molecular weight is 527 g/mol. The molecule has 1 unspecified atom stereocenters. The van der Waals surface area contributed by atoms with Crippen molar-refractivity contribution in [1.82, 2.24) is 9.80 Å². The van der Waals surface area contributed by atoms with E-state index in [-0.39, 0.29) is 15.2 Å². The monoisotopic (exact) mass is 526 g/mol. The van der Waals surface area contributed by atoms with E-state index in [0.717, 1.165) is 45.3 Å². The zero-order valence-electron chi connectivity index (χ0n) is 22.3. The Labute approximate surface area is 227 Å². The minimum Gasteiger partial charge on any atom is -0.334 e. The highest BCUT2D eigenvalue weighted by Gasteiger charge is 2.31. The third-order valence-electron chi connectivity index (χ3n) is 7.48. The molecule has 6 heteroatoms. The van der Waals surface area contributed by atoms with Gasteiger partial charge in [-0.2, -0.15) is 0 Å². The van der Waals surface area contributed by atoms with Gasteiger partial charge in [-0.25, -0.2) is 0 Å². The second-order valence-electron chi connectivity index (χ2n) is 10.5. The summed E-state index contributed by atoms with van der Waals surface area (Å²) in [5, 5.41) is 0.142.